The summed E-state index contributed by atoms with van der Waals surface area (Å²) in [5.74, 6) is 2.13. The van der Waals surface area contributed by atoms with Gasteiger partial charge in [0.05, 0.1) is 17.7 Å². The maximum absolute atomic E-state index is 12.2. The van der Waals surface area contributed by atoms with Crippen molar-refractivity contribution in [3.63, 3.8) is 0 Å². The first-order chi connectivity index (χ1) is 13.2. The Kier molecular flexibility index (Phi) is 6.25. The summed E-state index contributed by atoms with van der Waals surface area (Å²) in [7, 11) is 0. The van der Waals surface area contributed by atoms with Gasteiger partial charge in [0, 0.05) is 15.3 Å². The van der Waals surface area contributed by atoms with Crippen LogP contribution in [0.3, 0.4) is 0 Å². The second-order valence-corrected chi connectivity index (χ2v) is 9.96. The molecule has 5 nitrogen and oxygen atoms in total. The van der Waals surface area contributed by atoms with Gasteiger partial charge in [0.15, 0.2) is 0 Å². The van der Waals surface area contributed by atoms with Crippen molar-refractivity contribution in [1.82, 2.24) is 15.3 Å². The lowest BCUT2D eigenvalue weighted by molar-refractivity contribution is -0.120. The van der Waals surface area contributed by atoms with E-state index in [2.05, 4.69) is 36.6 Å². The number of anilines is 1. The molecule has 28 heavy (non-hydrogen) atoms. The molecule has 148 valence electrons. The van der Waals surface area contributed by atoms with Gasteiger partial charge in [-0.15, -0.1) is 23.1 Å². The van der Waals surface area contributed by atoms with Crippen molar-refractivity contribution in [2.24, 2.45) is 0 Å². The highest BCUT2D eigenvalue weighted by molar-refractivity contribution is 7.98. The molecular weight excluding hydrogens is 388 g/mol. The first-order valence-electron chi connectivity index (χ1n) is 9.22. The average molecular weight is 415 g/mol. The second-order valence-electron chi connectivity index (χ2n) is 7.71. The number of hydrogen-bond acceptors (Lipinski definition) is 6. The van der Waals surface area contributed by atoms with Crippen LogP contribution in [0, 0.1) is 13.8 Å². The van der Waals surface area contributed by atoms with Crippen LogP contribution in [-0.2, 0) is 10.5 Å². The first-order valence-corrected chi connectivity index (χ1v) is 11.0. The Labute approximate surface area is 174 Å². The molecule has 3 aromatic rings. The van der Waals surface area contributed by atoms with E-state index in [0.29, 0.717) is 5.75 Å². The molecule has 3 rings (SSSR count). The molecule has 0 fully saturated rings. The second kappa shape index (κ2) is 8.49. The number of fused-ring (bicyclic) bond motifs is 1. The standard InChI is InChI=1S/C21H26N4OS2/c1-13-14(2)28-20-18(13)19(22-11-17(26)25-21(3,4)5)23-16(24-20)12-27-15-9-7-6-8-10-15/h6-10H,11-12H2,1-5H3,(H,25,26)(H,22,23,24). The molecule has 7 heteroatoms. The molecule has 0 aliphatic carbocycles. The van der Waals surface area contributed by atoms with E-state index in [1.54, 1.807) is 23.1 Å². The van der Waals surface area contributed by atoms with Gasteiger partial charge in [0.2, 0.25) is 5.91 Å². The number of carbonyl (C=O) groups excluding carboxylic acids is 1. The van der Waals surface area contributed by atoms with Crippen LogP contribution in [0.15, 0.2) is 35.2 Å². The van der Waals surface area contributed by atoms with Crippen molar-refractivity contribution in [2.45, 2.75) is 50.8 Å². The monoisotopic (exact) mass is 414 g/mol. The van der Waals surface area contributed by atoms with Gasteiger partial charge in [-0.3, -0.25) is 4.79 Å². The fourth-order valence-electron chi connectivity index (χ4n) is 2.78. The molecule has 2 aromatic heterocycles. The molecule has 0 bridgehead atoms. The zero-order valence-electron chi connectivity index (χ0n) is 16.9. The third kappa shape index (κ3) is 5.23. The van der Waals surface area contributed by atoms with Gasteiger partial charge >= 0.3 is 0 Å². The number of rotatable bonds is 6. The number of aromatic nitrogens is 2. The molecule has 0 spiro atoms. The molecule has 0 radical (unpaired) electrons. The third-order valence-electron chi connectivity index (χ3n) is 4.12. The van der Waals surface area contributed by atoms with E-state index in [1.807, 2.05) is 39.0 Å². The summed E-state index contributed by atoms with van der Waals surface area (Å²) in [5.41, 5.74) is 0.910. The van der Waals surface area contributed by atoms with Crippen LogP contribution in [-0.4, -0.2) is 28.0 Å². The minimum atomic E-state index is -0.258. The number of amides is 1. The Balaban J connectivity index is 1.83. The topological polar surface area (TPSA) is 66.9 Å². The predicted octanol–water partition coefficient (Wildman–Crippen LogP) is 4.93. The SMILES string of the molecule is Cc1sc2nc(CSc3ccccc3)nc(NCC(=O)NC(C)(C)C)c2c1C. The Morgan fingerprint density at radius 1 is 1.14 bits per heavy atom. The lowest BCUT2D eigenvalue weighted by atomic mass is 10.1. The van der Waals surface area contributed by atoms with E-state index in [0.717, 1.165) is 21.9 Å². The number of carbonyl (C=O) groups is 1. The Hall–Kier alpha value is -2.12. The zero-order chi connectivity index (χ0) is 20.3. The van der Waals surface area contributed by atoms with Crippen molar-refractivity contribution in [3.05, 3.63) is 46.6 Å². The molecule has 0 atom stereocenters. The highest BCUT2D eigenvalue weighted by Gasteiger charge is 2.17. The van der Waals surface area contributed by atoms with Crippen LogP contribution in [0.25, 0.3) is 10.2 Å². The number of nitrogens with one attached hydrogen (secondary N) is 2. The van der Waals surface area contributed by atoms with Crippen molar-refractivity contribution in [3.8, 4) is 0 Å². The molecule has 1 aromatic carbocycles. The summed E-state index contributed by atoms with van der Waals surface area (Å²) in [5, 5.41) is 7.22. The summed E-state index contributed by atoms with van der Waals surface area (Å²) >= 11 is 3.38. The van der Waals surface area contributed by atoms with Crippen LogP contribution in [0.1, 0.15) is 37.0 Å². The quantitative estimate of drug-likeness (QED) is 0.560. The number of benzene rings is 1. The van der Waals surface area contributed by atoms with Gasteiger partial charge in [0.1, 0.15) is 16.5 Å². The molecule has 0 saturated heterocycles. The Morgan fingerprint density at radius 3 is 2.54 bits per heavy atom. The summed E-state index contributed by atoms with van der Waals surface area (Å²) in [6, 6.07) is 10.2. The molecule has 2 heterocycles. The summed E-state index contributed by atoms with van der Waals surface area (Å²) in [6.07, 6.45) is 0. The van der Waals surface area contributed by atoms with Crippen LogP contribution in [0.5, 0.6) is 0 Å². The lowest BCUT2D eigenvalue weighted by Crippen LogP contribution is -2.43. The molecule has 0 aliphatic heterocycles. The van der Waals surface area contributed by atoms with Gasteiger partial charge in [-0.25, -0.2) is 9.97 Å². The highest BCUT2D eigenvalue weighted by atomic mass is 32.2. The van der Waals surface area contributed by atoms with Gasteiger partial charge in [-0.05, 0) is 52.3 Å². The number of hydrogen-bond donors (Lipinski definition) is 2. The van der Waals surface area contributed by atoms with Crippen molar-refractivity contribution < 1.29 is 4.79 Å². The maximum Gasteiger partial charge on any atom is 0.239 e. The van der Waals surface area contributed by atoms with Crippen LogP contribution >= 0.6 is 23.1 Å². The Bertz CT molecular complexity index is 977. The van der Waals surface area contributed by atoms with E-state index in [1.165, 1.54) is 15.3 Å². The van der Waals surface area contributed by atoms with Gasteiger partial charge in [0.25, 0.3) is 0 Å². The van der Waals surface area contributed by atoms with E-state index in [4.69, 9.17) is 9.97 Å². The molecule has 0 aliphatic rings. The highest BCUT2D eigenvalue weighted by Crippen LogP contribution is 2.34. The fraction of sp³-hybridized carbons (Fsp3) is 0.381. The summed E-state index contributed by atoms with van der Waals surface area (Å²) in [4.78, 5) is 25.1. The maximum atomic E-state index is 12.2. The van der Waals surface area contributed by atoms with Crippen molar-refractivity contribution in [1.29, 1.82) is 0 Å². The molecule has 0 unspecified atom stereocenters. The fourth-order valence-corrected chi connectivity index (χ4v) is 4.60. The predicted molar refractivity (Wildman–Crippen MR) is 119 cm³/mol. The van der Waals surface area contributed by atoms with Gasteiger partial charge < -0.3 is 10.6 Å². The van der Waals surface area contributed by atoms with Gasteiger partial charge in [-0.2, -0.15) is 0 Å². The largest absolute Gasteiger partial charge is 0.360 e. The normalized spacial score (nSPS) is 11.6. The third-order valence-corrected chi connectivity index (χ3v) is 6.23. The summed E-state index contributed by atoms with van der Waals surface area (Å²) < 4.78 is 0. The minimum Gasteiger partial charge on any atom is -0.360 e. The number of aryl methyl sites for hydroxylation is 2. The molecule has 2 N–H and O–H groups in total. The number of nitrogens with zero attached hydrogens (tertiary/aromatic N) is 2. The molecule has 1 amide bonds. The van der Waals surface area contributed by atoms with Crippen LogP contribution in [0.2, 0.25) is 0 Å². The minimum absolute atomic E-state index is 0.0518. The average Bonchev–Trinajstić information content (AvgIpc) is 2.91. The van der Waals surface area contributed by atoms with Crippen molar-refractivity contribution >= 4 is 45.0 Å². The van der Waals surface area contributed by atoms with E-state index in [9.17, 15) is 4.79 Å². The lowest BCUT2D eigenvalue weighted by Gasteiger charge is -2.20. The van der Waals surface area contributed by atoms with Crippen molar-refractivity contribution in [2.75, 3.05) is 11.9 Å². The van der Waals surface area contributed by atoms with E-state index < -0.39 is 0 Å². The van der Waals surface area contributed by atoms with E-state index in [-0.39, 0.29) is 18.0 Å². The van der Waals surface area contributed by atoms with E-state index >= 15 is 0 Å². The Morgan fingerprint density at radius 2 is 1.86 bits per heavy atom. The zero-order valence-corrected chi connectivity index (χ0v) is 18.6. The van der Waals surface area contributed by atoms with Crippen LogP contribution < -0.4 is 10.6 Å². The molecule has 0 saturated carbocycles. The smallest absolute Gasteiger partial charge is 0.239 e. The van der Waals surface area contributed by atoms with Gasteiger partial charge in [-0.1, -0.05) is 18.2 Å². The van der Waals surface area contributed by atoms with Crippen LogP contribution in [0.4, 0.5) is 5.82 Å². The number of thiophene rings is 1. The summed E-state index contributed by atoms with van der Waals surface area (Å²) in [6.45, 7) is 10.3. The number of thioether (sulfide) groups is 1. The molecular formula is C21H26N4OS2. The first kappa shape index (κ1) is 20.6.